The maximum Gasteiger partial charge on any atom is 0.287 e. The van der Waals surface area contributed by atoms with Crippen molar-refractivity contribution < 1.29 is 58.9 Å². The second kappa shape index (κ2) is 22.3. The van der Waals surface area contributed by atoms with E-state index in [4.69, 9.17) is 18.9 Å². The van der Waals surface area contributed by atoms with E-state index < -0.39 is 29.6 Å². The lowest BCUT2D eigenvalue weighted by molar-refractivity contribution is -0.127. The SMILES string of the molecule is COc1cc(C=C(Oc2cc3c(cc2OC)C=C(C(=O)NCCc2ccc(O)cc2)C(C(=O)NCCc2ccc(O)cc2)C3c2ccc(O)c(OC)c2)C(=O)NCCc2ccc(O)cc2)ccc1O. The van der Waals surface area contributed by atoms with Crippen molar-refractivity contribution in [2.24, 2.45) is 5.92 Å². The van der Waals surface area contributed by atoms with Crippen LogP contribution in [0.2, 0.25) is 0 Å². The van der Waals surface area contributed by atoms with E-state index >= 15 is 0 Å². The van der Waals surface area contributed by atoms with Gasteiger partial charge in [0.2, 0.25) is 11.8 Å². The Kier molecular flexibility index (Phi) is 15.6. The lowest BCUT2D eigenvalue weighted by atomic mass is 9.70. The molecule has 15 heteroatoms. The first-order valence-corrected chi connectivity index (χ1v) is 22.1. The van der Waals surface area contributed by atoms with Gasteiger partial charge in [-0.15, -0.1) is 0 Å². The number of phenols is 5. The van der Waals surface area contributed by atoms with Crippen LogP contribution in [0.3, 0.4) is 0 Å². The summed E-state index contributed by atoms with van der Waals surface area (Å²) in [4.78, 5) is 43.5. The molecule has 15 nitrogen and oxygen atoms in total. The van der Waals surface area contributed by atoms with Gasteiger partial charge in [-0.05, 0) is 143 Å². The molecule has 0 saturated carbocycles. The molecule has 0 aliphatic heterocycles. The van der Waals surface area contributed by atoms with Crippen LogP contribution in [0, 0.1) is 5.92 Å². The molecule has 2 unspecified atom stereocenters. The lowest BCUT2D eigenvalue weighted by Gasteiger charge is -2.34. The number of fused-ring (bicyclic) bond motifs is 1. The Labute approximate surface area is 398 Å². The molecule has 8 N–H and O–H groups in total. The summed E-state index contributed by atoms with van der Waals surface area (Å²) < 4.78 is 23.3. The first kappa shape index (κ1) is 48.3. The van der Waals surface area contributed by atoms with Crippen LogP contribution in [0.15, 0.2) is 133 Å². The zero-order chi connectivity index (χ0) is 49.0. The lowest BCUT2D eigenvalue weighted by Crippen LogP contribution is -2.42. The van der Waals surface area contributed by atoms with E-state index in [1.54, 1.807) is 109 Å². The Hall–Kier alpha value is -8.59. The number of benzene rings is 6. The zero-order valence-electron chi connectivity index (χ0n) is 38.2. The highest BCUT2D eigenvalue weighted by Crippen LogP contribution is 2.48. The van der Waals surface area contributed by atoms with E-state index in [-0.39, 0.29) is 82.7 Å². The number of carbonyl (C=O) groups is 3. The minimum atomic E-state index is -1.18. The topological polar surface area (TPSA) is 225 Å². The van der Waals surface area contributed by atoms with E-state index in [0.717, 1.165) is 16.7 Å². The number of amides is 3. The van der Waals surface area contributed by atoms with Crippen molar-refractivity contribution in [1.82, 2.24) is 16.0 Å². The van der Waals surface area contributed by atoms with Gasteiger partial charge >= 0.3 is 0 Å². The summed E-state index contributed by atoms with van der Waals surface area (Å²) in [5.74, 6) is -3.23. The molecule has 2 atom stereocenters. The van der Waals surface area contributed by atoms with Crippen molar-refractivity contribution in [3.8, 4) is 51.7 Å². The first-order chi connectivity index (χ1) is 33.3. The van der Waals surface area contributed by atoms with Gasteiger partial charge in [0.25, 0.3) is 5.91 Å². The molecule has 0 saturated heterocycles. The molecule has 0 fully saturated rings. The van der Waals surface area contributed by atoms with Crippen LogP contribution in [0.4, 0.5) is 0 Å². The molecule has 1 aliphatic carbocycles. The smallest absolute Gasteiger partial charge is 0.287 e. The summed E-state index contributed by atoms with van der Waals surface area (Å²) in [6, 6.07) is 32.4. The Morgan fingerprint density at radius 1 is 0.551 bits per heavy atom. The molecule has 3 amide bonds. The highest BCUT2D eigenvalue weighted by Gasteiger charge is 2.41. The fourth-order valence-electron chi connectivity index (χ4n) is 8.05. The first-order valence-electron chi connectivity index (χ1n) is 22.1. The molecule has 356 valence electrons. The highest BCUT2D eigenvalue weighted by molar-refractivity contribution is 6.06. The maximum atomic E-state index is 14.8. The third kappa shape index (κ3) is 12.1. The number of ether oxygens (including phenoxy) is 4. The van der Waals surface area contributed by atoms with Gasteiger partial charge in [0.1, 0.15) is 17.2 Å². The van der Waals surface area contributed by atoms with Crippen molar-refractivity contribution in [1.29, 1.82) is 0 Å². The molecular formula is C54H53N3O12. The van der Waals surface area contributed by atoms with Gasteiger partial charge in [0.05, 0.1) is 27.2 Å². The highest BCUT2D eigenvalue weighted by atomic mass is 16.5. The Morgan fingerprint density at radius 3 is 1.61 bits per heavy atom. The summed E-state index contributed by atoms with van der Waals surface area (Å²) in [5.41, 5.74) is 4.70. The Morgan fingerprint density at radius 2 is 1.06 bits per heavy atom. The number of hydrogen-bond donors (Lipinski definition) is 8. The number of phenolic OH excluding ortho intramolecular Hbond substituents is 5. The number of carbonyl (C=O) groups excluding carboxylic acids is 3. The van der Waals surface area contributed by atoms with Crippen molar-refractivity contribution >= 4 is 29.9 Å². The van der Waals surface area contributed by atoms with Crippen LogP contribution in [0.1, 0.15) is 44.9 Å². The van der Waals surface area contributed by atoms with Crippen LogP contribution in [0.5, 0.6) is 51.7 Å². The van der Waals surface area contributed by atoms with Gasteiger partial charge in [0, 0.05) is 31.1 Å². The van der Waals surface area contributed by atoms with Crippen LogP contribution in [0.25, 0.3) is 12.2 Å². The third-order valence-corrected chi connectivity index (χ3v) is 11.7. The second-order valence-electron chi connectivity index (χ2n) is 16.2. The van der Waals surface area contributed by atoms with E-state index in [9.17, 15) is 39.9 Å². The molecule has 1 aliphatic rings. The Bertz CT molecular complexity index is 2860. The normalized spacial score (nSPS) is 14.1. The number of hydrogen-bond acceptors (Lipinski definition) is 12. The van der Waals surface area contributed by atoms with Gasteiger partial charge < -0.3 is 60.4 Å². The molecule has 0 aromatic heterocycles. The largest absolute Gasteiger partial charge is 0.508 e. The van der Waals surface area contributed by atoms with E-state index in [2.05, 4.69) is 16.0 Å². The monoisotopic (exact) mass is 935 g/mol. The summed E-state index contributed by atoms with van der Waals surface area (Å²) in [5, 5.41) is 59.4. The predicted molar refractivity (Wildman–Crippen MR) is 259 cm³/mol. The quantitative estimate of drug-likeness (QED) is 0.0307. The van der Waals surface area contributed by atoms with Crippen LogP contribution >= 0.6 is 0 Å². The van der Waals surface area contributed by atoms with Gasteiger partial charge in [-0.3, -0.25) is 14.4 Å². The molecule has 0 spiro atoms. The van der Waals surface area contributed by atoms with E-state index in [1.807, 2.05) is 0 Å². The zero-order valence-corrected chi connectivity index (χ0v) is 38.2. The molecule has 0 radical (unpaired) electrons. The number of rotatable bonds is 19. The van der Waals surface area contributed by atoms with E-state index in [1.165, 1.54) is 45.6 Å². The minimum absolute atomic E-state index is 0.0827. The molecule has 6 aromatic carbocycles. The Balaban J connectivity index is 1.31. The molecule has 7 rings (SSSR count). The summed E-state index contributed by atoms with van der Waals surface area (Å²) in [6.07, 6.45) is 4.39. The van der Waals surface area contributed by atoms with Crippen LogP contribution in [-0.2, 0) is 33.6 Å². The molecule has 0 heterocycles. The van der Waals surface area contributed by atoms with Gasteiger partial charge in [0.15, 0.2) is 40.3 Å². The fraction of sp³-hybridized carbons (Fsp3) is 0.204. The number of methoxy groups -OCH3 is 3. The van der Waals surface area contributed by atoms with Crippen LogP contribution in [-0.4, -0.2) is 84.2 Å². The molecular weight excluding hydrogens is 883 g/mol. The summed E-state index contributed by atoms with van der Waals surface area (Å²) in [6.45, 7) is 0.586. The predicted octanol–water partition coefficient (Wildman–Crippen LogP) is 6.88. The van der Waals surface area contributed by atoms with Gasteiger partial charge in [-0.25, -0.2) is 0 Å². The van der Waals surface area contributed by atoms with Crippen LogP contribution < -0.4 is 34.9 Å². The van der Waals surface area contributed by atoms with Crippen molar-refractivity contribution in [2.75, 3.05) is 41.0 Å². The molecule has 6 aromatic rings. The third-order valence-electron chi connectivity index (χ3n) is 11.7. The minimum Gasteiger partial charge on any atom is -0.508 e. The average Bonchev–Trinajstić information content (AvgIpc) is 3.35. The van der Waals surface area contributed by atoms with Gasteiger partial charge in [-0.1, -0.05) is 48.5 Å². The van der Waals surface area contributed by atoms with Crippen molar-refractivity contribution in [3.05, 3.63) is 172 Å². The average molecular weight is 936 g/mol. The van der Waals surface area contributed by atoms with Gasteiger partial charge in [-0.2, -0.15) is 0 Å². The molecule has 0 bridgehead atoms. The van der Waals surface area contributed by atoms with E-state index in [0.29, 0.717) is 41.5 Å². The van der Waals surface area contributed by atoms with Crippen molar-refractivity contribution in [3.63, 3.8) is 0 Å². The standard InChI is InChI=1S/C54H53N3O12/c1-66-45-26-35(10-18-43(45)61)27-49(53(64)56-24-21-33-6-14-39(59)15-7-33)69-48-31-41-37(30-47(48)68-3)28-42(52(63)55-23-20-32-4-12-38(58)13-5-32)51(50(41)36-11-19-44(62)46(29-36)67-2)54(65)57-25-22-34-8-16-40(60)17-9-34/h4-19,26-31,50-51,58-62H,20-25H2,1-3H3,(H,55,63)(H,56,64)(H,57,65). The maximum absolute atomic E-state index is 14.8. The molecule has 69 heavy (non-hydrogen) atoms. The summed E-state index contributed by atoms with van der Waals surface area (Å²) >= 11 is 0. The summed E-state index contributed by atoms with van der Waals surface area (Å²) in [7, 11) is 4.23. The second-order valence-corrected chi connectivity index (χ2v) is 16.2. The number of nitrogens with one attached hydrogen (secondary N) is 3. The van der Waals surface area contributed by atoms with Crippen molar-refractivity contribution in [2.45, 2.75) is 25.2 Å². The fourth-order valence-corrected chi connectivity index (χ4v) is 8.05. The number of aromatic hydroxyl groups is 5.